The number of hydrogen-bond donors (Lipinski definition) is 3. The molecule has 2 aliphatic heterocycles. The molecule has 3 atom stereocenters. The number of nitrogens with one attached hydrogen (secondary N) is 1. The van der Waals surface area contributed by atoms with Crippen LogP contribution >= 0.6 is 0 Å². The van der Waals surface area contributed by atoms with E-state index in [1.165, 1.54) is 18.5 Å². The fourth-order valence-corrected chi connectivity index (χ4v) is 6.01. The van der Waals surface area contributed by atoms with Crippen LogP contribution in [0.4, 0.5) is 4.79 Å². The van der Waals surface area contributed by atoms with E-state index in [4.69, 9.17) is 18.6 Å². The second-order valence-electron chi connectivity index (χ2n) is 13.8. The number of benzene rings is 2. The number of aryl methyl sites for hydroxylation is 1. The Kier molecular flexibility index (Phi) is 11.0. The van der Waals surface area contributed by atoms with Crippen molar-refractivity contribution < 1.29 is 43.2 Å². The van der Waals surface area contributed by atoms with Crippen molar-refractivity contribution in [3.63, 3.8) is 0 Å². The quantitative estimate of drug-likeness (QED) is 0.287. The summed E-state index contributed by atoms with van der Waals surface area (Å²) in [5.41, 5.74) is -0.152. The van der Waals surface area contributed by atoms with Gasteiger partial charge < -0.3 is 39.1 Å². The molecule has 264 valence electrons. The Morgan fingerprint density at radius 1 is 1.14 bits per heavy atom. The number of rotatable bonds is 10. The highest BCUT2D eigenvalue weighted by Crippen LogP contribution is 2.35. The molecule has 3 amide bonds. The molecule has 1 fully saturated rings. The lowest BCUT2D eigenvalue weighted by molar-refractivity contribution is -0.177. The van der Waals surface area contributed by atoms with Crippen molar-refractivity contribution in [1.29, 1.82) is 0 Å². The van der Waals surface area contributed by atoms with Gasteiger partial charge in [-0.15, -0.1) is 0 Å². The van der Waals surface area contributed by atoms with E-state index in [1.807, 2.05) is 6.92 Å². The van der Waals surface area contributed by atoms with Gasteiger partial charge in [0.1, 0.15) is 24.1 Å². The largest absolute Gasteiger partial charge is 0.486 e. The Bertz CT molecular complexity index is 1630. The van der Waals surface area contributed by atoms with Gasteiger partial charge >= 0.3 is 6.09 Å². The van der Waals surface area contributed by atoms with Gasteiger partial charge in [-0.2, -0.15) is 0 Å². The van der Waals surface area contributed by atoms with Crippen LogP contribution in [0.3, 0.4) is 0 Å². The SMILES string of the molecule is Cc1ncoc1COc1ccc2c(c1)CN(C(=O)OC(C)(C)C)[C@@](O)([C@H](O)CNC(=O)c1ccc(C(=O)N(C)CC3CCCOC3)cc1)C2. The maximum absolute atomic E-state index is 13.4. The van der Waals surface area contributed by atoms with Crippen molar-refractivity contribution in [2.75, 3.05) is 33.4 Å². The zero-order chi connectivity index (χ0) is 35.3. The maximum atomic E-state index is 13.4. The fourth-order valence-electron chi connectivity index (χ4n) is 6.01. The summed E-state index contributed by atoms with van der Waals surface area (Å²) in [4.78, 5) is 46.3. The smallest absolute Gasteiger partial charge is 0.412 e. The van der Waals surface area contributed by atoms with Crippen molar-refractivity contribution in [3.05, 3.63) is 82.6 Å². The number of aliphatic hydroxyl groups is 2. The number of carbonyl (C=O) groups is 3. The highest BCUT2D eigenvalue weighted by molar-refractivity contribution is 5.97. The lowest BCUT2D eigenvalue weighted by Gasteiger charge is -2.46. The molecule has 3 aromatic rings. The van der Waals surface area contributed by atoms with Gasteiger partial charge in [0.25, 0.3) is 11.8 Å². The molecule has 0 aliphatic carbocycles. The first kappa shape index (κ1) is 35.8. The molecule has 49 heavy (non-hydrogen) atoms. The number of ether oxygens (including phenoxy) is 3. The zero-order valence-electron chi connectivity index (χ0n) is 28.7. The van der Waals surface area contributed by atoms with E-state index in [-0.39, 0.29) is 37.6 Å². The molecule has 13 heteroatoms. The number of oxazole rings is 1. The van der Waals surface area contributed by atoms with E-state index >= 15 is 0 Å². The van der Waals surface area contributed by atoms with E-state index in [0.29, 0.717) is 47.3 Å². The maximum Gasteiger partial charge on any atom is 0.412 e. The second kappa shape index (κ2) is 15.0. The predicted molar refractivity (Wildman–Crippen MR) is 178 cm³/mol. The molecule has 2 aromatic carbocycles. The molecule has 3 N–H and O–H groups in total. The average molecular weight is 679 g/mol. The molecule has 1 aromatic heterocycles. The summed E-state index contributed by atoms with van der Waals surface area (Å²) >= 11 is 0. The van der Waals surface area contributed by atoms with E-state index < -0.39 is 29.4 Å². The minimum Gasteiger partial charge on any atom is -0.486 e. The van der Waals surface area contributed by atoms with Gasteiger partial charge in [-0.3, -0.25) is 14.5 Å². The Labute approximate surface area is 286 Å². The normalized spacial score (nSPS) is 19.8. The Morgan fingerprint density at radius 3 is 2.53 bits per heavy atom. The van der Waals surface area contributed by atoms with Crippen LogP contribution in [0.25, 0.3) is 0 Å². The highest BCUT2D eigenvalue weighted by Gasteiger charge is 2.49. The molecule has 5 rings (SSSR count). The number of aromatic nitrogens is 1. The lowest BCUT2D eigenvalue weighted by Crippen LogP contribution is -2.64. The van der Waals surface area contributed by atoms with Crippen molar-refractivity contribution in [3.8, 4) is 5.75 Å². The van der Waals surface area contributed by atoms with Gasteiger partial charge in [0.2, 0.25) is 0 Å². The topological polar surface area (TPSA) is 164 Å². The van der Waals surface area contributed by atoms with Crippen molar-refractivity contribution in [1.82, 2.24) is 20.1 Å². The van der Waals surface area contributed by atoms with Crippen LogP contribution in [-0.4, -0.2) is 93.7 Å². The van der Waals surface area contributed by atoms with Crippen LogP contribution in [0.1, 0.15) is 76.9 Å². The Hall–Kier alpha value is -4.46. The molecule has 2 aliphatic rings. The van der Waals surface area contributed by atoms with Gasteiger partial charge in [0.15, 0.2) is 17.9 Å². The molecule has 0 spiro atoms. The van der Waals surface area contributed by atoms with Crippen molar-refractivity contribution >= 4 is 17.9 Å². The predicted octanol–water partition coefficient (Wildman–Crippen LogP) is 3.83. The van der Waals surface area contributed by atoms with Gasteiger partial charge in [-0.1, -0.05) is 6.07 Å². The molecule has 1 saturated heterocycles. The molecular formula is C36H46N4O9. The van der Waals surface area contributed by atoms with Crippen molar-refractivity contribution in [2.45, 2.75) is 77.5 Å². The van der Waals surface area contributed by atoms with E-state index in [1.54, 1.807) is 63.1 Å². The number of hydrogen-bond acceptors (Lipinski definition) is 10. The third-order valence-electron chi connectivity index (χ3n) is 8.77. The molecule has 0 saturated carbocycles. The molecule has 3 heterocycles. The van der Waals surface area contributed by atoms with Crippen LogP contribution in [-0.2, 0) is 29.0 Å². The summed E-state index contributed by atoms with van der Waals surface area (Å²) in [5.74, 6) is 0.738. The standard InChI is InChI=1S/C36H46N4O9/c1-23-30(48-22-38-23)21-47-29-13-12-27-16-36(45,40(19-28(27)15-29)34(44)49-35(2,3)4)31(41)17-37-32(42)25-8-10-26(11-9-25)33(43)39(5)18-24-7-6-14-46-20-24/h8-13,15,22,24,31,41,45H,6-7,14,16-21H2,1-5H3,(H,37,42)/t24?,31-,36+/m1/s1. The molecule has 0 bridgehead atoms. The van der Waals surface area contributed by atoms with Gasteiger partial charge in [0, 0.05) is 44.3 Å². The summed E-state index contributed by atoms with van der Waals surface area (Å²) in [5, 5.41) is 25.9. The number of amides is 3. The van der Waals surface area contributed by atoms with Gasteiger partial charge in [0.05, 0.1) is 18.8 Å². The molecular weight excluding hydrogens is 632 g/mol. The first-order chi connectivity index (χ1) is 23.2. The summed E-state index contributed by atoms with van der Waals surface area (Å²) in [7, 11) is 1.75. The highest BCUT2D eigenvalue weighted by atomic mass is 16.6. The summed E-state index contributed by atoms with van der Waals surface area (Å²) in [6.07, 6.45) is 0.813. The third kappa shape index (κ3) is 8.77. The van der Waals surface area contributed by atoms with Crippen molar-refractivity contribution in [2.24, 2.45) is 5.92 Å². The average Bonchev–Trinajstić information content (AvgIpc) is 3.49. The molecule has 13 nitrogen and oxygen atoms in total. The summed E-state index contributed by atoms with van der Waals surface area (Å²) in [6, 6.07) is 11.5. The summed E-state index contributed by atoms with van der Waals surface area (Å²) in [6.45, 7) is 8.63. The fraction of sp³-hybridized carbons (Fsp3) is 0.500. The third-order valence-corrected chi connectivity index (χ3v) is 8.77. The summed E-state index contributed by atoms with van der Waals surface area (Å²) < 4.78 is 22.4. The first-order valence-corrected chi connectivity index (χ1v) is 16.5. The molecule has 1 unspecified atom stereocenters. The van der Waals surface area contributed by atoms with E-state index in [0.717, 1.165) is 30.0 Å². The van der Waals surface area contributed by atoms with E-state index in [9.17, 15) is 24.6 Å². The minimum absolute atomic E-state index is 0.0814. The van der Waals surface area contributed by atoms with Gasteiger partial charge in [-0.25, -0.2) is 9.78 Å². The second-order valence-corrected chi connectivity index (χ2v) is 13.8. The van der Waals surface area contributed by atoms with Crippen LogP contribution in [0.5, 0.6) is 5.75 Å². The number of aliphatic hydroxyl groups excluding tert-OH is 1. The Balaban J connectivity index is 1.25. The zero-order valence-corrected chi connectivity index (χ0v) is 28.7. The van der Waals surface area contributed by atoms with Crippen LogP contribution in [0.15, 0.2) is 53.3 Å². The number of nitrogens with zero attached hydrogens (tertiary/aromatic N) is 3. The van der Waals surface area contributed by atoms with Crippen LogP contribution < -0.4 is 10.1 Å². The van der Waals surface area contributed by atoms with Gasteiger partial charge in [-0.05, 0) is 94.0 Å². The van der Waals surface area contributed by atoms with Crippen LogP contribution in [0, 0.1) is 12.8 Å². The molecule has 0 radical (unpaired) electrons. The lowest BCUT2D eigenvalue weighted by atomic mass is 9.87. The van der Waals surface area contributed by atoms with E-state index in [2.05, 4.69) is 10.3 Å². The first-order valence-electron chi connectivity index (χ1n) is 16.5. The number of fused-ring (bicyclic) bond motifs is 1. The minimum atomic E-state index is -2.10. The monoisotopic (exact) mass is 678 g/mol. The number of carbonyl (C=O) groups excluding carboxylic acids is 3. The van der Waals surface area contributed by atoms with Crippen LogP contribution in [0.2, 0.25) is 0 Å². The Morgan fingerprint density at radius 2 is 1.88 bits per heavy atom.